The first-order chi connectivity index (χ1) is 4.56. The molecule has 0 atom stereocenters. The van der Waals surface area contributed by atoms with Crippen molar-refractivity contribution in [2.24, 2.45) is 0 Å². The first kappa shape index (κ1) is 10.1. The normalized spacial score (nSPS) is 12.0. The van der Waals surface area contributed by atoms with E-state index in [1.807, 2.05) is 0 Å². The highest BCUT2D eigenvalue weighted by Crippen LogP contribution is 2.21. The Morgan fingerprint density at radius 3 is 2.40 bits per heavy atom. The van der Waals surface area contributed by atoms with Gasteiger partial charge >= 0.3 is 6.18 Å². The summed E-state index contributed by atoms with van der Waals surface area (Å²) in [7, 11) is 0. The van der Waals surface area contributed by atoms with Crippen LogP contribution >= 0.6 is 12.0 Å². The van der Waals surface area contributed by atoms with Gasteiger partial charge in [-0.05, 0) is 18.5 Å². The van der Waals surface area contributed by atoms with Gasteiger partial charge in [-0.25, -0.2) is 0 Å². The van der Waals surface area contributed by atoms with Crippen molar-refractivity contribution in [1.29, 1.82) is 0 Å². The maximum atomic E-state index is 11.4. The highest BCUT2D eigenvalue weighted by atomic mass is 32.2. The zero-order valence-electron chi connectivity index (χ0n) is 5.57. The molecule has 1 nitrogen and oxygen atoms in total. The predicted molar refractivity (Wildman–Crippen MR) is 34.8 cm³/mol. The van der Waals surface area contributed by atoms with Gasteiger partial charge in [0.2, 0.25) is 0 Å². The Kier molecular flexibility index (Phi) is 4.89. The summed E-state index contributed by atoms with van der Waals surface area (Å²) < 4.78 is 38.9. The second kappa shape index (κ2) is 4.85. The minimum absolute atomic E-state index is 0.0460. The fourth-order valence-corrected chi connectivity index (χ4v) is 0.699. The Balaban J connectivity index is 3.04. The fraction of sp³-hybridized carbons (Fsp3) is 1.00. The molecule has 0 bridgehead atoms. The second-order valence-electron chi connectivity index (χ2n) is 1.71. The zero-order valence-corrected chi connectivity index (χ0v) is 6.39. The second-order valence-corrected chi connectivity index (χ2v) is 2.28. The molecule has 0 unspecified atom stereocenters. The monoisotopic (exact) mass is 174 g/mol. The van der Waals surface area contributed by atoms with Gasteiger partial charge in [-0.1, -0.05) is 0 Å². The maximum absolute atomic E-state index is 11.4. The van der Waals surface area contributed by atoms with Gasteiger partial charge in [0.05, 0.1) is 6.61 Å². The summed E-state index contributed by atoms with van der Waals surface area (Å²) >= 11 is 1.08. The van der Waals surface area contributed by atoms with Crippen molar-refractivity contribution in [3.05, 3.63) is 0 Å². The average Bonchev–Trinajstić information content (AvgIpc) is 1.78. The van der Waals surface area contributed by atoms with Crippen LogP contribution in [0.15, 0.2) is 0 Å². The molecule has 0 aliphatic rings. The molecular formula is C5H9F3OS. The quantitative estimate of drug-likeness (QED) is 0.478. The molecule has 0 aliphatic heterocycles. The van der Waals surface area contributed by atoms with E-state index in [4.69, 9.17) is 0 Å². The summed E-state index contributed by atoms with van der Waals surface area (Å²) in [6.07, 6.45) is -3.08. The molecule has 0 saturated carbocycles. The van der Waals surface area contributed by atoms with Crippen LogP contribution in [0.1, 0.15) is 12.8 Å². The summed E-state index contributed by atoms with van der Waals surface area (Å²) in [6.45, 7) is 0.167. The van der Waals surface area contributed by atoms with Gasteiger partial charge in [0.15, 0.2) is 0 Å². The molecule has 0 amide bonds. The van der Waals surface area contributed by atoms with Crippen LogP contribution in [0.4, 0.5) is 13.2 Å². The van der Waals surface area contributed by atoms with E-state index in [0.717, 1.165) is 12.0 Å². The minimum atomic E-state index is -4.04. The summed E-state index contributed by atoms with van der Waals surface area (Å²) in [5, 5.41) is 0. The van der Waals surface area contributed by atoms with Gasteiger partial charge in [-0.3, -0.25) is 0 Å². The van der Waals surface area contributed by atoms with Crippen LogP contribution in [-0.2, 0) is 4.18 Å². The molecule has 0 aliphatic carbocycles. The summed E-state index contributed by atoms with van der Waals surface area (Å²) in [6, 6.07) is 0. The van der Waals surface area contributed by atoms with E-state index >= 15 is 0 Å². The molecule has 0 spiro atoms. The molecule has 0 aromatic carbocycles. The average molecular weight is 174 g/mol. The Hall–Kier alpha value is 0.100. The van der Waals surface area contributed by atoms with Gasteiger partial charge in [-0.2, -0.15) is 13.2 Å². The third-order valence-electron chi connectivity index (χ3n) is 0.806. The maximum Gasteiger partial charge on any atom is 0.389 e. The molecule has 0 heterocycles. The minimum Gasteiger partial charge on any atom is -0.316 e. The van der Waals surface area contributed by atoms with E-state index < -0.39 is 12.6 Å². The summed E-state index contributed by atoms with van der Waals surface area (Å²) in [4.78, 5) is 0. The van der Waals surface area contributed by atoms with E-state index in [-0.39, 0.29) is 13.0 Å². The molecule has 0 aromatic rings. The van der Waals surface area contributed by atoms with E-state index in [1.165, 1.54) is 0 Å². The predicted octanol–water partition coefficient (Wildman–Crippen LogP) is 2.62. The van der Waals surface area contributed by atoms with E-state index in [2.05, 4.69) is 4.18 Å². The topological polar surface area (TPSA) is 9.23 Å². The standard InChI is InChI=1S/C5H9F3OS/c1-10-9-4-2-3-5(6,7)8/h2-4H2,1H3. The van der Waals surface area contributed by atoms with Gasteiger partial charge in [-0.15, -0.1) is 0 Å². The lowest BCUT2D eigenvalue weighted by Crippen LogP contribution is -2.07. The van der Waals surface area contributed by atoms with Crippen LogP contribution in [0.2, 0.25) is 0 Å². The highest BCUT2D eigenvalue weighted by Gasteiger charge is 2.25. The lowest BCUT2D eigenvalue weighted by molar-refractivity contribution is -0.136. The van der Waals surface area contributed by atoms with Crippen LogP contribution in [0.25, 0.3) is 0 Å². The number of hydrogen-bond acceptors (Lipinski definition) is 2. The molecule has 0 rings (SSSR count). The number of halogens is 3. The van der Waals surface area contributed by atoms with E-state index in [1.54, 1.807) is 6.26 Å². The Labute approximate surface area is 62.1 Å². The lowest BCUT2D eigenvalue weighted by Gasteiger charge is -2.04. The highest BCUT2D eigenvalue weighted by molar-refractivity contribution is 7.93. The largest absolute Gasteiger partial charge is 0.389 e. The van der Waals surface area contributed by atoms with Crippen molar-refractivity contribution in [2.45, 2.75) is 19.0 Å². The number of rotatable bonds is 4. The first-order valence-electron chi connectivity index (χ1n) is 2.78. The third-order valence-corrected chi connectivity index (χ3v) is 1.21. The van der Waals surface area contributed by atoms with Crippen molar-refractivity contribution in [3.63, 3.8) is 0 Å². The van der Waals surface area contributed by atoms with Crippen LogP contribution in [-0.4, -0.2) is 19.0 Å². The van der Waals surface area contributed by atoms with Crippen LogP contribution in [0.3, 0.4) is 0 Å². The lowest BCUT2D eigenvalue weighted by atomic mass is 10.3. The number of alkyl halides is 3. The van der Waals surface area contributed by atoms with Gasteiger partial charge in [0.25, 0.3) is 0 Å². The van der Waals surface area contributed by atoms with Crippen molar-refractivity contribution in [2.75, 3.05) is 12.9 Å². The number of hydrogen-bond donors (Lipinski definition) is 0. The molecular weight excluding hydrogens is 165 g/mol. The molecule has 10 heavy (non-hydrogen) atoms. The van der Waals surface area contributed by atoms with Gasteiger partial charge < -0.3 is 4.18 Å². The van der Waals surface area contributed by atoms with Gasteiger partial charge in [0, 0.05) is 12.7 Å². The van der Waals surface area contributed by atoms with Crippen LogP contribution in [0, 0.1) is 0 Å². The zero-order chi connectivity index (χ0) is 8.04. The van der Waals surface area contributed by atoms with Crippen molar-refractivity contribution >= 4 is 12.0 Å². The Bertz CT molecular complexity index is 83.5. The van der Waals surface area contributed by atoms with Crippen molar-refractivity contribution < 1.29 is 17.4 Å². The van der Waals surface area contributed by atoms with Crippen LogP contribution in [0.5, 0.6) is 0 Å². The van der Waals surface area contributed by atoms with Crippen molar-refractivity contribution in [3.8, 4) is 0 Å². The van der Waals surface area contributed by atoms with Gasteiger partial charge in [0.1, 0.15) is 0 Å². The first-order valence-corrected chi connectivity index (χ1v) is 3.93. The van der Waals surface area contributed by atoms with E-state index in [0.29, 0.717) is 0 Å². The third kappa shape index (κ3) is 8.10. The molecule has 0 radical (unpaired) electrons. The molecule has 0 saturated heterocycles. The Morgan fingerprint density at radius 2 is 2.00 bits per heavy atom. The molecule has 5 heteroatoms. The SMILES string of the molecule is CSOCCCC(F)(F)F. The van der Waals surface area contributed by atoms with E-state index in [9.17, 15) is 13.2 Å². The smallest absolute Gasteiger partial charge is 0.316 e. The molecule has 0 aromatic heterocycles. The van der Waals surface area contributed by atoms with Crippen LogP contribution < -0.4 is 0 Å². The molecule has 0 N–H and O–H groups in total. The van der Waals surface area contributed by atoms with Crippen molar-refractivity contribution in [1.82, 2.24) is 0 Å². The Morgan fingerprint density at radius 1 is 1.40 bits per heavy atom. The fourth-order valence-electron chi connectivity index (χ4n) is 0.415. The summed E-state index contributed by atoms with van der Waals surface area (Å²) in [5.41, 5.74) is 0. The molecule has 62 valence electrons. The molecule has 0 fully saturated rings. The summed E-state index contributed by atoms with van der Waals surface area (Å²) in [5.74, 6) is 0.